The van der Waals surface area contributed by atoms with E-state index in [-0.39, 0.29) is 12.4 Å². The molecule has 1 N–H and O–H groups in total. The van der Waals surface area contributed by atoms with Crippen molar-refractivity contribution in [1.29, 1.82) is 0 Å². The van der Waals surface area contributed by atoms with Gasteiger partial charge in [0.1, 0.15) is 0 Å². The zero-order chi connectivity index (χ0) is 12.1. The van der Waals surface area contributed by atoms with Gasteiger partial charge in [-0.2, -0.15) is 0 Å². The number of likely N-dealkylation sites (tertiary alicyclic amines) is 1. The number of amides is 1. The lowest BCUT2D eigenvalue weighted by Gasteiger charge is -2.32. The van der Waals surface area contributed by atoms with Gasteiger partial charge in [0.25, 0.3) is 0 Å². The Morgan fingerprint density at radius 1 is 1.17 bits per heavy atom. The zero-order valence-electron chi connectivity index (χ0n) is 11.4. The molecule has 0 aromatic rings. The molecule has 18 heavy (non-hydrogen) atoms. The Morgan fingerprint density at radius 3 is 2.61 bits per heavy atom. The fourth-order valence-corrected chi connectivity index (χ4v) is 2.61. The lowest BCUT2D eigenvalue weighted by atomic mass is 9.99. The lowest BCUT2D eigenvalue weighted by molar-refractivity contribution is -0.133. The Labute approximate surface area is 116 Å². The first-order valence-corrected chi connectivity index (χ1v) is 6.96. The fourth-order valence-electron chi connectivity index (χ4n) is 2.61. The number of carbonyl (C=O) groups excluding carboxylic acids is 1. The summed E-state index contributed by atoms with van der Waals surface area (Å²) < 4.78 is 0. The van der Waals surface area contributed by atoms with Gasteiger partial charge < -0.3 is 10.2 Å². The second kappa shape index (κ2) is 7.97. The molecule has 106 valence electrons. The van der Waals surface area contributed by atoms with Gasteiger partial charge in [-0.1, -0.05) is 6.92 Å². The van der Waals surface area contributed by atoms with Crippen molar-refractivity contribution in [1.82, 2.24) is 15.1 Å². The molecule has 2 rings (SSSR count). The van der Waals surface area contributed by atoms with Crippen molar-refractivity contribution in [3.63, 3.8) is 0 Å². The number of hydrogen-bond acceptors (Lipinski definition) is 3. The van der Waals surface area contributed by atoms with E-state index in [1.165, 1.54) is 12.8 Å². The number of hydrogen-bond donors (Lipinski definition) is 1. The molecule has 0 unspecified atom stereocenters. The van der Waals surface area contributed by atoms with Gasteiger partial charge >= 0.3 is 0 Å². The van der Waals surface area contributed by atoms with Crippen LogP contribution in [0, 0.1) is 5.92 Å². The van der Waals surface area contributed by atoms with Crippen LogP contribution < -0.4 is 5.32 Å². The van der Waals surface area contributed by atoms with E-state index >= 15 is 0 Å². The normalized spacial score (nSPS) is 23.3. The third-order valence-electron chi connectivity index (χ3n) is 3.93. The predicted octanol–water partition coefficient (Wildman–Crippen LogP) is 0.962. The zero-order valence-corrected chi connectivity index (χ0v) is 12.2. The molecule has 0 aromatic carbocycles. The van der Waals surface area contributed by atoms with E-state index in [1.807, 2.05) is 0 Å². The van der Waals surface area contributed by atoms with E-state index in [2.05, 4.69) is 22.0 Å². The molecular weight excluding hydrogens is 250 g/mol. The third kappa shape index (κ3) is 4.75. The van der Waals surface area contributed by atoms with Crippen LogP contribution in [0.25, 0.3) is 0 Å². The topological polar surface area (TPSA) is 35.6 Å². The van der Waals surface area contributed by atoms with Crippen molar-refractivity contribution >= 4 is 18.3 Å². The molecule has 2 aliphatic heterocycles. The highest BCUT2D eigenvalue weighted by Gasteiger charge is 2.22. The molecule has 5 heteroatoms. The summed E-state index contributed by atoms with van der Waals surface area (Å²) in [4.78, 5) is 16.5. The number of halogens is 1. The molecule has 0 aromatic heterocycles. The molecule has 1 amide bonds. The van der Waals surface area contributed by atoms with Gasteiger partial charge in [0.2, 0.25) is 5.91 Å². The van der Waals surface area contributed by atoms with Gasteiger partial charge in [0, 0.05) is 26.2 Å². The smallest absolute Gasteiger partial charge is 0.236 e. The van der Waals surface area contributed by atoms with E-state index in [4.69, 9.17) is 0 Å². The Balaban J connectivity index is 0.00000162. The molecule has 0 spiro atoms. The molecule has 0 radical (unpaired) electrons. The third-order valence-corrected chi connectivity index (χ3v) is 3.93. The van der Waals surface area contributed by atoms with E-state index < -0.39 is 0 Å². The first kappa shape index (κ1) is 15.7. The van der Waals surface area contributed by atoms with E-state index in [1.54, 1.807) is 0 Å². The first-order valence-electron chi connectivity index (χ1n) is 6.96. The summed E-state index contributed by atoms with van der Waals surface area (Å²) in [6, 6.07) is 0. The summed E-state index contributed by atoms with van der Waals surface area (Å²) >= 11 is 0. The summed E-state index contributed by atoms with van der Waals surface area (Å²) in [7, 11) is 0. The van der Waals surface area contributed by atoms with Crippen molar-refractivity contribution in [2.45, 2.75) is 26.2 Å². The van der Waals surface area contributed by atoms with Crippen LogP contribution in [0.2, 0.25) is 0 Å². The van der Waals surface area contributed by atoms with Gasteiger partial charge in [-0.25, -0.2) is 0 Å². The van der Waals surface area contributed by atoms with E-state index in [0.717, 1.165) is 51.6 Å². The molecule has 0 bridgehead atoms. The maximum Gasteiger partial charge on any atom is 0.236 e. The lowest BCUT2D eigenvalue weighted by Crippen LogP contribution is -2.44. The summed E-state index contributed by atoms with van der Waals surface area (Å²) in [5.74, 6) is 1.13. The highest BCUT2D eigenvalue weighted by Crippen LogP contribution is 2.16. The molecule has 0 atom stereocenters. The summed E-state index contributed by atoms with van der Waals surface area (Å²) in [6.07, 6.45) is 3.50. The average Bonchev–Trinajstić information content (AvgIpc) is 2.58. The second-order valence-corrected chi connectivity index (χ2v) is 5.44. The molecule has 0 saturated carbocycles. The van der Waals surface area contributed by atoms with Crippen molar-refractivity contribution in [3.05, 3.63) is 0 Å². The molecule has 2 aliphatic rings. The van der Waals surface area contributed by atoms with Gasteiger partial charge in [0.15, 0.2) is 0 Å². The average molecular weight is 276 g/mol. The van der Waals surface area contributed by atoms with Crippen LogP contribution in [-0.4, -0.2) is 61.5 Å². The number of nitrogens with zero attached hydrogens (tertiary/aromatic N) is 2. The molecular formula is C13H26ClN3O. The standard InChI is InChI=1S/C13H25N3O.ClH/c1-12-3-8-16(9-4-12)13(17)11-15-7-2-5-14-6-10-15;/h12,14H,2-11H2,1H3;1H. The van der Waals surface area contributed by atoms with Crippen LogP contribution in [0.1, 0.15) is 26.2 Å². The predicted molar refractivity (Wildman–Crippen MR) is 76.2 cm³/mol. The maximum atomic E-state index is 12.1. The Kier molecular flexibility index (Phi) is 6.97. The largest absolute Gasteiger partial charge is 0.342 e. The van der Waals surface area contributed by atoms with Gasteiger partial charge in [-0.3, -0.25) is 9.69 Å². The summed E-state index contributed by atoms with van der Waals surface area (Å²) in [5.41, 5.74) is 0. The van der Waals surface area contributed by atoms with Crippen LogP contribution in [0.5, 0.6) is 0 Å². The van der Waals surface area contributed by atoms with Crippen molar-refractivity contribution in [2.75, 3.05) is 45.8 Å². The van der Waals surface area contributed by atoms with Crippen LogP contribution in [-0.2, 0) is 4.79 Å². The minimum Gasteiger partial charge on any atom is -0.342 e. The Morgan fingerprint density at radius 2 is 1.89 bits per heavy atom. The second-order valence-electron chi connectivity index (χ2n) is 5.44. The number of rotatable bonds is 2. The molecule has 2 heterocycles. The van der Waals surface area contributed by atoms with Crippen LogP contribution in [0.15, 0.2) is 0 Å². The highest BCUT2D eigenvalue weighted by atomic mass is 35.5. The minimum absolute atomic E-state index is 0. The number of carbonyl (C=O) groups is 1. The van der Waals surface area contributed by atoms with Crippen molar-refractivity contribution in [3.8, 4) is 0 Å². The van der Waals surface area contributed by atoms with E-state index in [9.17, 15) is 4.79 Å². The number of nitrogens with one attached hydrogen (secondary N) is 1. The minimum atomic E-state index is 0. The summed E-state index contributed by atoms with van der Waals surface area (Å²) in [6.45, 7) is 9.01. The maximum absolute atomic E-state index is 12.1. The monoisotopic (exact) mass is 275 g/mol. The SMILES string of the molecule is CC1CCN(C(=O)CN2CCCNCC2)CC1.Cl. The van der Waals surface area contributed by atoms with Crippen LogP contribution in [0.4, 0.5) is 0 Å². The van der Waals surface area contributed by atoms with Crippen LogP contribution >= 0.6 is 12.4 Å². The summed E-state index contributed by atoms with van der Waals surface area (Å²) in [5, 5.41) is 3.37. The quantitative estimate of drug-likeness (QED) is 0.816. The Bertz CT molecular complexity index is 247. The van der Waals surface area contributed by atoms with Gasteiger partial charge in [-0.05, 0) is 38.3 Å². The van der Waals surface area contributed by atoms with Crippen LogP contribution in [0.3, 0.4) is 0 Å². The van der Waals surface area contributed by atoms with E-state index in [0.29, 0.717) is 12.5 Å². The molecule has 0 aliphatic carbocycles. The Hall–Kier alpha value is -0.320. The van der Waals surface area contributed by atoms with Crippen molar-refractivity contribution in [2.24, 2.45) is 5.92 Å². The number of piperidine rings is 1. The first-order chi connectivity index (χ1) is 8.25. The van der Waals surface area contributed by atoms with Crippen molar-refractivity contribution < 1.29 is 4.79 Å². The molecule has 4 nitrogen and oxygen atoms in total. The highest BCUT2D eigenvalue weighted by molar-refractivity contribution is 5.85. The molecule has 2 fully saturated rings. The van der Waals surface area contributed by atoms with Gasteiger partial charge in [0.05, 0.1) is 6.54 Å². The fraction of sp³-hybridized carbons (Fsp3) is 0.923. The van der Waals surface area contributed by atoms with Gasteiger partial charge in [-0.15, -0.1) is 12.4 Å². The molecule has 2 saturated heterocycles.